The van der Waals surface area contributed by atoms with Gasteiger partial charge in [-0.15, -0.1) is 0 Å². The summed E-state index contributed by atoms with van der Waals surface area (Å²) in [6.07, 6.45) is -0.389. The highest BCUT2D eigenvalue weighted by atomic mass is 32.2. The molecule has 3 aromatic rings. The van der Waals surface area contributed by atoms with Crippen molar-refractivity contribution in [2.24, 2.45) is 0 Å². The van der Waals surface area contributed by atoms with Crippen molar-refractivity contribution in [2.45, 2.75) is 167 Å². The van der Waals surface area contributed by atoms with Crippen molar-refractivity contribution >= 4 is 52.2 Å². The normalized spacial score (nSPS) is 20.1. The molecule has 0 saturated carbocycles. The van der Waals surface area contributed by atoms with Crippen LogP contribution < -0.4 is 9.92 Å². The van der Waals surface area contributed by atoms with Crippen LogP contribution in [-0.4, -0.2) is 77.8 Å². The van der Waals surface area contributed by atoms with Gasteiger partial charge in [0.1, 0.15) is 23.2 Å². The molecule has 0 unspecified atom stereocenters. The summed E-state index contributed by atoms with van der Waals surface area (Å²) < 4.78 is 63.9. The minimum atomic E-state index is -4.30. The summed E-state index contributed by atoms with van der Waals surface area (Å²) in [6, 6.07) is 12.4. The van der Waals surface area contributed by atoms with E-state index in [1.165, 1.54) is 0 Å². The van der Waals surface area contributed by atoms with E-state index in [1.807, 2.05) is 19.1 Å². The Labute approximate surface area is 321 Å². The molecule has 4 atom stereocenters. The number of anilines is 1. The van der Waals surface area contributed by atoms with Crippen molar-refractivity contribution in [3.8, 4) is 5.88 Å². The number of aromatic nitrogens is 4. The summed E-state index contributed by atoms with van der Waals surface area (Å²) in [4.78, 5) is 13.6. The zero-order valence-corrected chi connectivity index (χ0v) is 38.1. The van der Waals surface area contributed by atoms with E-state index in [9.17, 15) is 8.42 Å². The van der Waals surface area contributed by atoms with Crippen LogP contribution in [0, 0.1) is 20.8 Å². The summed E-state index contributed by atoms with van der Waals surface area (Å²) in [7, 11) is -10.7. The first-order valence-electron chi connectivity index (χ1n) is 19.8. The second-order valence-corrected chi connectivity index (χ2v) is 30.5. The SMILES string of the molecule is CC[Si](CC)(CC)OC[C@H]1O[C@@H](n2cnc3c(OS(=O)(=O)c4c(C)cc(C)cc4C)nc(N)nc32)[C@H](O[Si](CC)(CC)CC)[C@@H]1O[Si](CC)(CC)CC. The number of nitrogens with zero attached hydrogens (tertiary/aromatic N) is 4. The summed E-state index contributed by atoms with van der Waals surface area (Å²) in [6.45, 7) is 25.9. The van der Waals surface area contributed by atoms with Crippen LogP contribution in [0.4, 0.5) is 5.95 Å². The lowest BCUT2D eigenvalue weighted by Gasteiger charge is -2.40. The molecule has 298 valence electrons. The van der Waals surface area contributed by atoms with Crippen LogP contribution in [0.2, 0.25) is 54.4 Å². The Kier molecular flexibility index (Phi) is 14.6. The zero-order valence-electron chi connectivity index (χ0n) is 34.2. The second kappa shape index (κ2) is 17.7. The van der Waals surface area contributed by atoms with Crippen molar-refractivity contribution < 1.29 is 30.6 Å². The van der Waals surface area contributed by atoms with Gasteiger partial charge in [-0.05, 0) is 86.3 Å². The number of nitrogens with two attached hydrogens (primary N) is 1. The van der Waals surface area contributed by atoms with E-state index in [4.69, 9.17) is 27.9 Å². The van der Waals surface area contributed by atoms with Crippen LogP contribution in [0.25, 0.3) is 11.2 Å². The van der Waals surface area contributed by atoms with Crippen molar-refractivity contribution in [3.63, 3.8) is 0 Å². The number of fused-ring (bicyclic) bond motifs is 1. The quantitative estimate of drug-likeness (QED) is 0.0862. The van der Waals surface area contributed by atoms with Crippen LogP contribution >= 0.6 is 0 Å². The van der Waals surface area contributed by atoms with E-state index in [1.54, 1.807) is 24.7 Å². The first-order chi connectivity index (χ1) is 25.1. The van der Waals surface area contributed by atoms with Gasteiger partial charge in [0.25, 0.3) is 5.88 Å². The number of ether oxygens (including phenoxy) is 1. The van der Waals surface area contributed by atoms with Crippen molar-refractivity contribution in [3.05, 3.63) is 35.2 Å². The highest BCUT2D eigenvalue weighted by molar-refractivity contribution is 7.87. The Hall–Kier alpha value is -2.19. The molecule has 0 radical (unpaired) electrons. The second-order valence-electron chi connectivity index (χ2n) is 14.7. The molecule has 2 aromatic heterocycles. The van der Waals surface area contributed by atoms with Gasteiger partial charge >= 0.3 is 10.1 Å². The highest BCUT2D eigenvalue weighted by Gasteiger charge is 2.53. The van der Waals surface area contributed by atoms with E-state index in [-0.39, 0.29) is 28.3 Å². The van der Waals surface area contributed by atoms with Gasteiger partial charge in [0.2, 0.25) is 5.95 Å². The minimum absolute atomic E-state index is 0.0876. The molecule has 1 saturated heterocycles. The molecule has 0 amide bonds. The first kappa shape index (κ1) is 43.5. The lowest BCUT2D eigenvalue weighted by atomic mass is 10.1. The van der Waals surface area contributed by atoms with Crippen LogP contribution in [-0.2, 0) is 28.1 Å². The Morgan fingerprint density at radius 1 is 0.755 bits per heavy atom. The summed E-state index contributed by atoms with van der Waals surface area (Å²) in [5.41, 5.74) is 8.84. The molecule has 0 bridgehead atoms. The lowest BCUT2D eigenvalue weighted by Crippen LogP contribution is -2.52. The zero-order chi connectivity index (χ0) is 39.4. The molecular formula is C37H65N5O7SSi3. The highest BCUT2D eigenvalue weighted by Crippen LogP contribution is 2.43. The molecule has 0 aliphatic carbocycles. The Balaban J connectivity index is 1.89. The average Bonchev–Trinajstić information content (AvgIpc) is 3.70. The average molecular weight is 808 g/mol. The fourth-order valence-electron chi connectivity index (χ4n) is 8.08. The molecule has 1 aromatic carbocycles. The molecule has 12 nitrogen and oxygen atoms in total. The summed E-state index contributed by atoms with van der Waals surface area (Å²) in [5.74, 6) is -0.393. The number of imidazole rings is 1. The third-order valence-corrected chi connectivity index (χ3v) is 27.6. The standard InChI is InChI=1S/C37H65N5O7SSi3/c1-13-51(14-2,15-3)45-24-29-31(48-52(16-4,17-5)18-6)32(49-53(19-7,20-8)21-9)36(46-29)42-25-39-30-34(42)40-37(38)41-35(30)47-50(43,44)33-27(11)22-26(10)23-28(33)12/h22-23,25,29,31-32,36H,13-21,24H2,1-12H3,(H2,38,40,41)/t29-,31-,32-,36-/m1/s1. The van der Waals surface area contributed by atoms with E-state index < -0.39 is 53.5 Å². The van der Waals surface area contributed by atoms with Crippen molar-refractivity contribution in [2.75, 3.05) is 12.3 Å². The molecular weight excluding hydrogens is 743 g/mol. The molecule has 16 heteroatoms. The maximum Gasteiger partial charge on any atom is 0.341 e. The maximum absolute atomic E-state index is 13.8. The van der Waals surface area contributed by atoms with E-state index in [0.717, 1.165) is 60.0 Å². The van der Waals surface area contributed by atoms with Crippen molar-refractivity contribution in [1.29, 1.82) is 0 Å². The number of benzene rings is 1. The molecule has 1 fully saturated rings. The maximum atomic E-state index is 13.8. The van der Waals surface area contributed by atoms with Crippen LogP contribution in [0.3, 0.4) is 0 Å². The fraction of sp³-hybridized carbons (Fsp3) is 0.703. The van der Waals surface area contributed by atoms with Gasteiger partial charge in [-0.1, -0.05) is 80.0 Å². The van der Waals surface area contributed by atoms with E-state index in [2.05, 4.69) is 77.3 Å². The molecule has 0 spiro atoms. The summed E-state index contributed by atoms with van der Waals surface area (Å²) >= 11 is 0. The molecule has 1 aliphatic rings. The van der Waals surface area contributed by atoms with Gasteiger partial charge in [0.05, 0.1) is 12.9 Å². The van der Waals surface area contributed by atoms with Gasteiger partial charge in [-0.3, -0.25) is 4.57 Å². The van der Waals surface area contributed by atoms with Gasteiger partial charge < -0.3 is 27.9 Å². The number of hydrogen-bond acceptors (Lipinski definition) is 11. The van der Waals surface area contributed by atoms with Crippen LogP contribution in [0.1, 0.15) is 85.2 Å². The topological polar surface area (TPSA) is 150 Å². The number of nitrogen functional groups attached to an aromatic ring is 1. The Morgan fingerprint density at radius 2 is 1.25 bits per heavy atom. The minimum Gasteiger partial charge on any atom is -0.414 e. The Morgan fingerprint density at radius 3 is 1.74 bits per heavy atom. The third-order valence-electron chi connectivity index (χ3n) is 12.1. The smallest absolute Gasteiger partial charge is 0.341 e. The predicted molar refractivity (Wildman–Crippen MR) is 219 cm³/mol. The fourth-order valence-corrected chi connectivity index (χ4v) is 17.7. The van der Waals surface area contributed by atoms with Crippen molar-refractivity contribution in [1.82, 2.24) is 19.5 Å². The molecule has 4 rings (SSSR count). The molecule has 53 heavy (non-hydrogen) atoms. The number of aryl methyl sites for hydroxylation is 3. The molecule has 1 aliphatic heterocycles. The lowest BCUT2D eigenvalue weighted by molar-refractivity contribution is -0.0465. The third kappa shape index (κ3) is 8.95. The number of hydrogen-bond donors (Lipinski definition) is 1. The predicted octanol–water partition coefficient (Wildman–Crippen LogP) is 8.80. The van der Waals surface area contributed by atoms with Crippen LogP contribution in [0.15, 0.2) is 23.4 Å². The molecule has 2 N–H and O–H groups in total. The van der Waals surface area contributed by atoms with E-state index >= 15 is 0 Å². The Bertz CT molecular complexity index is 1750. The van der Waals surface area contributed by atoms with Gasteiger partial charge in [0.15, 0.2) is 42.3 Å². The van der Waals surface area contributed by atoms with Gasteiger partial charge in [-0.25, -0.2) is 4.98 Å². The van der Waals surface area contributed by atoms with Gasteiger partial charge in [-0.2, -0.15) is 18.4 Å². The number of rotatable bonds is 20. The van der Waals surface area contributed by atoms with Gasteiger partial charge in [0, 0.05) is 0 Å². The monoisotopic (exact) mass is 807 g/mol. The first-order valence-corrected chi connectivity index (χ1v) is 28.8. The van der Waals surface area contributed by atoms with Crippen LogP contribution in [0.5, 0.6) is 5.88 Å². The van der Waals surface area contributed by atoms with E-state index in [0.29, 0.717) is 23.4 Å². The summed E-state index contributed by atoms with van der Waals surface area (Å²) in [5, 5.41) is 0. The molecule has 3 heterocycles. The largest absolute Gasteiger partial charge is 0.414 e.